The molecule has 0 atom stereocenters. The Morgan fingerprint density at radius 1 is 1.04 bits per heavy atom. The second-order valence-electron chi connectivity index (χ2n) is 6.39. The van der Waals surface area contributed by atoms with Crippen molar-refractivity contribution in [3.8, 4) is 0 Å². The van der Waals surface area contributed by atoms with E-state index in [1.807, 2.05) is 30.3 Å². The molecule has 1 aliphatic rings. The first-order valence-corrected chi connectivity index (χ1v) is 8.58. The molecule has 1 amide bonds. The Morgan fingerprint density at radius 2 is 1.75 bits per heavy atom. The maximum absolute atomic E-state index is 13.1. The lowest BCUT2D eigenvalue weighted by atomic mass is 9.78. The third-order valence-corrected chi connectivity index (χ3v) is 5.03. The first-order chi connectivity index (χ1) is 11.5. The van der Waals surface area contributed by atoms with E-state index in [-0.39, 0.29) is 11.7 Å². The van der Waals surface area contributed by atoms with Crippen LogP contribution in [0.2, 0.25) is 5.02 Å². The molecule has 3 nitrogen and oxygen atoms in total. The van der Waals surface area contributed by atoms with Gasteiger partial charge in [-0.3, -0.25) is 9.59 Å². The maximum atomic E-state index is 13.1. The summed E-state index contributed by atoms with van der Waals surface area (Å²) in [6.07, 6.45) is 3.66. The highest BCUT2D eigenvalue weighted by Crippen LogP contribution is 2.42. The number of hydrogen-bond donors (Lipinski definition) is 1. The van der Waals surface area contributed by atoms with Gasteiger partial charge in [-0.25, -0.2) is 0 Å². The fourth-order valence-electron chi connectivity index (χ4n) is 3.48. The summed E-state index contributed by atoms with van der Waals surface area (Å²) < 4.78 is 0. The van der Waals surface area contributed by atoms with Gasteiger partial charge in [0.25, 0.3) is 0 Å². The van der Waals surface area contributed by atoms with Crippen molar-refractivity contribution in [1.29, 1.82) is 0 Å². The summed E-state index contributed by atoms with van der Waals surface area (Å²) in [4.78, 5) is 24.6. The fourth-order valence-corrected chi connectivity index (χ4v) is 3.67. The number of hydrogen-bond acceptors (Lipinski definition) is 2. The van der Waals surface area contributed by atoms with Gasteiger partial charge in [0.15, 0.2) is 5.78 Å². The monoisotopic (exact) mass is 341 g/mol. The Morgan fingerprint density at radius 3 is 2.42 bits per heavy atom. The summed E-state index contributed by atoms with van der Waals surface area (Å²) in [5.74, 6) is -0.0421. The van der Waals surface area contributed by atoms with Gasteiger partial charge in [-0.2, -0.15) is 0 Å². The molecule has 1 saturated carbocycles. The Balaban J connectivity index is 1.91. The topological polar surface area (TPSA) is 46.2 Å². The molecule has 0 heterocycles. The Hall–Kier alpha value is -2.13. The van der Waals surface area contributed by atoms with Crippen molar-refractivity contribution in [1.82, 2.24) is 0 Å². The summed E-state index contributed by atoms with van der Waals surface area (Å²) in [6, 6.07) is 14.6. The molecular weight excluding hydrogens is 322 g/mol. The quantitative estimate of drug-likeness (QED) is 0.796. The number of nitrogens with one attached hydrogen (secondary N) is 1. The van der Waals surface area contributed by atoms with Crippen molar-refractivity contribution in [2.75, 3.05) is 5.32 Å². The molecule has 0 saturated heterocycles. The van der Waals surface area contributed by atoms with Gasteiger partial charge in [0, 0.05) is 16.3 Å². The van der Waals surface area contributed by atoms with E-state index in [0.717, 1.165) is 31.2 Å². The zero-order valence-corrected chi connectivity index (χ0v) is 14.4. The van der Waals surface area contributed by atoms with E-state index in [0.29, 0.717) is 16.3 Å². The fraction of sp³-hybridized carbons (Fsp3) is 0.300. The second kappa shape index (κ2) is 6.78. The largest absolute Gasteiger partial charge is 0.325 e. The summed E-state index contributed by atoms with van der Waals surface area (Å²) in [5.41, 5.74) is 1.67. The van der Waals surface area contributed by atoms with E-state index in [9.17, 15) is 9.59 Å². The molecule has 1 fully saturated rings. The molecule has 124 valence electrons. The van der Waals surface area contributed by atoms with Crippen LogP contribution in [0.5, 0.6) is 0 Å². The molecule has 2 aromatic carbocycles. The van der Waals surface area contributed by atoms with Crippen molar-refractivity contribution in [3.05, 3.63) is 64.7 Å². The number of carbonyl (C=O) groups is 2. The van der Waals surface area contributed by atoms with Crippen molar-refractivity contribution < 1.29 is 9.59 Å². The molecule has 0 spiro atoms. The number of halogens is 1. The minimum atomic E-state index is -0.545. The highest BCUT2D eigenvalue weighted by molar-refractivity contribution is 6.30. The van der Waals surface area contributed by atoms with Crippen molar-refractivity contribution in [3.63, 3.8) is 0 Å². The lowest BCUT2D eigenvalue weighted by Crippen LogP contribution is -2.38. The van der Waals surface area contributed by atoms with Crippen molar-refractivity contribution in [2.45, 2.75) is 38.0 Å². The van der Waals surface area contributed by atoms with Crippen LogP contribution in [-0.4, -0.2) is 11.7 Å². The molecule has 0 unspecified atom stereocenters. The molecule has 4 heteroatoms. The molecular formula is C20H20ClNO2. The van der Waals surface area contributed by atoms with E-state index < -0.39 is 5.41 Å². The minimum Gasteiger partial charge on any atom is -0.325 e. The zero-order valence-electron chi connectivity index (χ0n) is 13.6. The van der Waals surface area contributed by atoms with Crippen LogP contribution < -0.4 is 5.32 Å². The summed E-state index contributed by atoms with van der Waals surface area (Å²) in [6.45, 7) is 1.52. The van der Waals surface area contributed by atoms with Crippen LogP contribution in [-0.2, 0) is 10.2 Å². The molecule has 3 rings (SSSR count). The van der Waals surface area contributed by atoms with Gasteiger partial charge in [0.1, 0.15) is 0 Å². The number of anilines is 1. The van der Waals surface area contributed by atoms with E-state index in [2.05, 4.69) is 5.32 Å². The molecule has 1 aliphatic carbocycles. The van der Waals surface area contributed by atoms with E-state index >= 15 is 0 Å². The van der Waals surface area contributed by atoms with Crippen LogP contribution in [0.25, 0.3) is 0 Å². The average Bonchev–Trinajstić information content (AvgIpc) is 3.06. The van der Waals surface area contributed by atoms with Crippen LogP contribution in [0, 0.1) is 0 Å². The van der Waals surface area contributed by atoms with Crippen LogP contribution in [0.3, 0.4) is 0 Å². The molecule has 0 bridgehead atoms. The normalized spacial score (nSPS) is 15.9. The zero-order chi connectivity index (χ0) is 17.2. The minimum absolute atomic E-state index is 0.0171. The molecule has 0 radical (unpaired) electrons. The first kappa shape index (κ1) is 16.7. The number of amides is 1. The predicted octanol–water partition coefficient (Wildman–Crippen LogP) is 4.99. The second-order valence-corrected chi connectivity index (χ2v) is 6.83. The third-order valence-electron chi connectivity index (χ3n) is 4.80. The predicted molar refractivity (Wildman–Crippen MR) is 96.7 cm³/mol. The molecule has 2 aromatic rings. The highest BCUT2D eigenvalue weighted by Gasteiger charge is 2.42. The third kappa shape index (κ3) is 3.22. The van der Waals surface area contributed by atoms with Gasteiger partial charge in [-0.05, 0) is 49.6 Å². The lowest BCUT2D eigenvalue weighted by Gasteiger charge is -2.28. The van der Waals surface area contributed by atoms with Crippen LogP contribution in [0.1, 0.15) is 48.5 Å². The number of Topliss-reactive ketones (excluding diaryl/α,β-unsaturated/α-hetero) is 1. The molecule has 1 N–H and O–H groups in total. The standard InChI is InChI=1S/C20H20ClNO2/c1-14(23)15-6-4-9-18(12-15)22-19(24)20(10-2-3-11-20)16-7-5-8-17(21)13-16/h4-9,12-13H,2-3,10-11H2,1H3,(H,22,24). The molecule has 0 aromatic heterocycles. The number of rotatable bonds is 4. The van der Waals surface area contributed by atoms with Gasteiger partial charge in [-0.15, -0.1) is 0 Å². The maximum Gasteiger partial charge on any atom is 0.235 e. The Kier molecular flexibility index (Phi) is 4.72. The van der Waals surface area contributed by atoms with Gasteiger partial charge in [0.2, 0.25) is 5.91 Å². The van der Waals surface area contributed by atoms with Crippen molar-refractivity contribution >= 4 is 29.0 Å². The molecule has 0 aliphatic heterocycles. The van der Waals surface area contributed by atoms with Gasteiger partial charge in [0.05, 0.1) is 5.41 Å². The highest BCUT2D eigenvalue weighted by atomic mass is 35.5. The summed E-state index contributed by atoms with van der Waals surface area (Å²) in [7, 11) is 0. The molecule has 24 heavy (non-hydrogen) atoms. The van der Waals surface area contributed by atoms with Gasteiger partial charge < -0.3 is 5.32 Å². The Labute approximate surface area is 147 Å². The number of benzene rings is 2. The number of carbonyl (C=O) groups excluding carboxylic acids is 2. The first-order valence-electron chi connectivity index (χ1n) is 8.20. The van der Waals surface area contributed by atoms with Crippen LogP contribution in [0.4, 0.5) is 5.69 Å². The van der Waals surface area contributed by atoms with Gasteiger partial charge in [-0.1, -0.05) is 48.7 Å². The van der Waals surface area contributed by atoms with E-state index in [1.165, 1.54) is 6.92 Å². The van der Waals surface area contributed by atoms with Crippen molar-refractivity contribution in [2.24, 2.45) is 0 Å². The number of ketones is 1. The smallest absolute Gasteiger partial charge is 0.235 e. The summed E-state index contributed by atoms with van der Waals surface area (Å²) in [5, 5.41) is 3.65. The van der Waals surface area contributed by atoms with Gasteiger partial charge >= 0.3 is 0 Å². The average molecular weight is 342 g/mol. The summed E-state index contributed by atoms with van der Waals surface area (Å²) >= 11 is 6.14. The van der Waals surface area contributed by atoms with Crippen LogP contribution >= 0.6 is 11.6 Å². The SMILES string of the molecule is CC(=O)c1cccc(NC(=O)C2(c3cccc(Cl)c3)CCCC2)c1. The van der Waals surface area contributed by atoms with E-state index in [1.54, 1.807) is 18.2 Å². The lowest BCUT2D eigenvalue weighted by molar-refractivity contribution is -0.121. The Bertz CT molecular complexity index is 779. The van der Waals surface area contributed by atoms with Crippen LogP contribution in [0.15, 0.2) is 48.5 Å². The van der Waals surface area contributed by atoms with E-state index in [4.69, 9.17) is 11.6 Å².